The highest BCUT2D eigenvalue weighted by molar-refractivity contribution is 9.10. The van der Waals surface area contributed by atoms with Crippen LogP contribution in [-0.2, 0) is 16.0 Å². The number of carboxylic acids is 1. The van der Waals surface area contributed by atoms with Crippen molar-refractivity contribution in [3.05, 3.63) is 58.6 Å². The number of nitrogens with zero attached hydrogens (tertiary/aromatic N) is 1. The Morgan fingerprint density at radius 1 is 0.949 bits per heavy atom. The summed E-state index contributed by atoms with van der Waals surface area (Å²) in [4.78, 5) is 25.1. The summed E-state index contributed by atoms with van der Waals surface area (Å²) in [5.41, 5.74) is 0.707. The van der Waals surface area contributed by atoms with E-state index in [9.17, 15) is 36.6 Å². The van der Waals surface area contributed by atoms with Crippen LogP contribution in [0.5, 0.6) is 11.5 Å². The Kier molecular flexibility index (Phi) is 12.4. The predicted octanol–water partition coefficient (Wildman–Crippen LogP) is 6.73. The number of aliphatic carboxylic acids is 1. The van der Waals surface area contributed by atoms with E-state index in [1.54, 1.807) is 43.3 Å². The smallest absolute Gasteiger partial charge is 0.453 e. The van der Waals surface area contributed by atoms with Crippen molar-refractivity contribution in [2.45, 2.75) is 50.8 Å². The molecule has 2 rings (SSSR count). The molecule has 1 unspecified atom stereocenters. The van der Waals surface area contributed by atoms with Gasteiger partial charge in [0.1, 0.15) is 18.1 Å². The zero-order chi connectivity index (χ0) is 29.1. The molecule has 216 valence electrons. The molecule has 7 nitrogen and oxygen atoms in total. The molecule has 0 aliphatic heterocycles. The lowest BCUT2D eigenvalue weighted by atomic mass is 10.1. The number of unbranched alkanes of at least 4 members (excludes halogenated alkanes) is 1. The topological polar surface area (TPSA) is 85.3 Å². The molecule has 2 aromatic rings. The molecule has 39 heavy (non-hydrogen) atoms. The summed E-state index contributed by atoms with van der Waals surface area (Å²) >= 11 is 3.26. The molecule has 0 spiro atoms. The van der Waals surface area contributed by atoms with Crippen molar-refractivity contribution in [1.82, 2.24) is 4.90 Å². The fourth-order valence-corrected chi connectivity index (χ4v) is 3.65. The second kappa shape index (κ2) is 15.0. The third kappa shape index (κ3) is 11.0. The first-order valence-corrected chi connectivity index (χ1v) is 12.8. The molecule has 0 aliphatic carbocycles. The summed E-state index contributed by atoms with van der Waals surface area (Å²) in [6.45, 7) is 1.77. The minimum absolute atomic E-state index is 0.0236. The molecule has 0 bridgehead atoms. The van der Waals surface area contributed by atoms with Gasteiger partial charge in [-0.2, -0.15) is 22.0 Å². The van der Waals surface area contributed by atoms with E-state index in [2.05, 4.69) is 15.9 Å². The van der Waals surface area contributed by atoms with Gasteiger partial charge in [0.15, 0.2) is 6.10 Å². The maximum absolute atomic E-state index is 13.2. The Morgan fingerprint density at radius 2 is 1.56 bits per heavy atom. The Balaban J connectivity index is 1.95. The van der Waals surface area contributed by atoms with E-state index in [-0.39, 0.29) is 44.9 Å². The van der Waals surface area contributed by atoms with E-state index in [1.807, 2.05) is 0 Å². The molecular formula is C26H29BrF5NO6. The predicted molar refractivity (Wildman–Crippen MR) is 135 cm³/mol. The number of carboxylic acid groups (broad SMARTS) is 1. The molecule has 2 aromatic carbocycles. The highest BCUT2D eigenvalue weighted by atomic mass is 79.9. The Morgan fingerprint density at radius 3 is 2.13 bits per heavy atom. The maximum Gasteiger partial charge on any atom is 0.453 e. The van der Waals surface area contributed by atoms with Gasteiger partial charge in [0, 0.05) is 30.5 Å². The van der Waals surface area contributed by atoms with E-state index in [0.717, 1.165) is 4.47 Å². The maximum atomic E-state index is 13.2. The van der Waals surface area contributed by atoms with Crippen molar-refractivity contribution in [3.63, 3.8) is 0 Å². The standard InChI is InChI=1S/C26H29BrF5NO6/c1-2-37-22(23(34)35)17-18-5-9-20(10-6-18)38-16-15-33(14-4-3-13-25(28,29)26(30,31)32)24(36)39-21-11-7-19(27)8-12-21/h5-12,22H,2-4,13-17H2,1H3,(H,34,35). The number of carbonyl (C=O) groups is 2. The van der Waals surface area contributed by atoms with Gasteiger partial charge in [0.2, 0.25) is 0 Å². The number of ether oxygens (including phenoxy) is 3. The minimum atomic E-state index is -5.63. The molecule has 0 radical (unpaired) electrons. The van der Waals surface area contributed by atoms with E-state index in [1.165, 1.54) is 17.0 Å². The lowest BCUT2D eigenvalue weighted by Gasteiger charge is -2.23. The van der Waals surface area contributed by atoms with Gasteiger partial charge < -0.3 is 24.2 Å². The Bertz CT molecular complexity index is 1050. The van der Waals surface area contributed by atoms with Gasteiger partial charge in [-0.05, 0) is 61.7 Å². The van der Waals surface area contributed by atoms with Crippen LogP contribution in [0.15, 0.2) is 53.0 Å². The summed E-state index contributed by atoms with van der Waals surface area (Å²) in [7, 11) is 0. The largest absolute Gasteiger partial charge is 0.492 e. The van der Waals surface area contributed by atoms with Crippen molar-refractivity contribution in [1.29, 1.82) is 0 Å². The lowest BCUT2D eigenvalue weighted by molar-refractivity contribution is -0.284. The van der Waals surface area contributed by atoms with Crippen LogP contribution < -0.4 is 9.47 Å². The Labute approximate surface area is 231 Å². The first-order valence-electron chi connectivity index (χ1n) is 12.1. The summed E-state index contributed by atoms with van der Waals surface area (Å²) in [6, 6.07) is 12.9. The van der Waals surface area contributed by atoms with Crippen LogP contribution in [0.3, 0.4) is 0 Å². The molecule has 1 atom stereocenters. The molecule has 0 heterocycles. The average Bonchev–Trinajstić information content (AvgIpc) is 2.86. The molecule has 0 saturated heterocycles. The summed E-state index contributed by atoms with van der Waals surface area (Å²) in [6.07, 6.45) is -9.23. The number of alkyl halides is 5. The minimum Gasteiger partial charge on any atom is -0.492 e. The quantitative estimate of drug-likeness (QED) is 0.174. The first kappa shape index (κ1) is 32.3. The van der Waals surface area contributed by atoms with E-state index in [0.29, 0.717) is 11.3 Å². The third-order valence-electron chi connectivity index (χ3n) is 5.48. The van der Waals surface area contributed by atoms with Crippen LogP contribution in [-0.4, -0.2) is 66.6 Å². The number of halogens is 6. The zero-order valence-corrected chi connectivity index (χ0v) is 22.6. The lowest BCUT2D eigenvalue weighted by Crippen LogP contribution is -2.38. The van der Waals surface area contributed by atoms with Crippen molar-refractivity contribution in [2.75, 3.05) is 26.3 Å². The first-order chi connectivity index (χ1) is 18.3. The molecule has 0 aliphatic rings. The van der Waals surface area contributed by atoms with Crippen molar-refractivity contribution >= 4 is 28.0 Å². The van der Waals surface area contributed by atoms with Crippen LogP contribution in [0, 0.1) is 0 Å². The van der Waals surface area contributed by atoms with Crippen LogP contribution in [0.25, 0.3) is 0 Å². The van der Waals surface area contributed by atoms with Crippen LogP contribution >= 0.6 is 15.9 Å². The summed E-state index contributed by atoms with van der Waals surface area (Å²) < 4.78 is 80.6. The number of benzene rings is 2. The number of amides is 1. The molecule has 1 N–H and O–H groups in total. The van der Waals surface area contributed by atoms with Gasteiger partial charge in [-0.1, -0.05) is 28.1 Å². The van der Waals surface area contributed by atoms with Gasteiger partial charge in [-0.25, -0.2) is 9.59 Å². The summed E-state index contributed by atoms with van der Waals surface area (Å²) in [5, 5.41) is 9.21. The van der Waals surface area contributed by atoms with Crippen molar-refractivity contribution in [2.24, 2.45) is 0 Å². The molecular weight excluding hydrogens is 597 g/mol. The molecule has 13 heteroatoms. The number of hydrogen-bond acceptors (Lipinski definition) is 5. The zero-order valence-electron chi connectivity index (χ0n) is 21.1. The Hall–Kier alpha value is -2.93. The van der Waals surface area contributed by atoms with Crippen molar-refractivity contribution < 1.29 is 50.9 Å². The molecule has 1 amide bonds. The van der Waals surface area contributed by atoms with Crippen LogP contribution in [0.4, 0.5) is 26.7 Å². The fourth-order valence-electron chi connectivity index (χ4n) is 3.38. The second-order valence-corrected chi connectivity index (χ2v) is 9.36. The van der Waals surface area contributed by atoms with Crippen molar-refractivity contribution in [3.8, 4) is 11.5 Å². The van der Waals surface area contributed by atoms with E-state index < -0.39 is 43.1 Å². The number of hydrogen-bond donors (Lipinski definition) is 1. The average molecular weight is 626 g/mol. The van der Waals surface area contributed by atoms with Gasteiger partial charge >= 0.3 is 24.2 Å². The van der Waals surface area contributed by atoms with Gasteiger partial charge in [0.05, 0.1) is 6.54 Å². The highest BCUT2D eigenvalue weighted by Crippen LogP contribution is 2.39. The molecule has 0 aromatic heterocycles. The summed E-state index contributed by atoms with van der Waals surface area (Å²) in [5.74, 6) is -5.24. The molecule has 0 fully saturated rings. The molecule has 0 saturated carbocycles. The van der Waals surface area contributed by atoms with E-state index in [4.69, 9.17) is 14.2 Å². The SMILES string of the molecule is CCOC(Cc1ccc(OCCN(CCCCC(F)(F)C(F)(F)F)C(=O)Oc2ccc(Br)cc2)cc1)C(=O)O. The third-order valence-corrected chi connectivity index (χ3v) is 6.01. The number of rotatable bonds is 15. The van der Waals surface area contributed by atoms with Gasteiger partial charge in [-0.15, -0.1) is 0 Å². The van der Waals surface area contributed by atoms with Gasteiger partial charge in [-0.3, -0.25) is 0 Å². The van der Waals surface area contributed by atoms with Gasteiger partial charge in [0.25, 0.3) is 0 Å². The van der Waals surface area contributed by atoms with Crippen LogP contribution in [0.1, 0.15) is 31.7 Å². The monoisotopic (exact) mass is 625 g/mol. The highest BCUT2D eigenvalue weighted by Gasteiger charge is 2.56. The van der Waals surface area contributed by atoms with E-state index >= 15 is 0 Å². The fraction of sp³-hybridized carbons (Fsp3) is 0.462. The normalized spacial score (nSPS) is 12.6. The second-order valence-electron chi connectivity index (χ2n) is 8.45. The number of carbonyl (C=O) groups excluding carboxylic acids is 1. The van der Waals surface area contributed by atoms with Crippen LogP contribution in [0.2, 0.25) is 0 Å².